The van der Waals surface area contributed by atoms with Crippen LogP contribution >= 0.6 is 0 Å². The predicted octanol–water partition coefficient (Wildman–Crippen LogP) is 2.75. The molecule has 0 saturated carbocycles. The molecule has 2 rings (SSSR count). The highest BCUT2D eigenvalue weighted by atomic mass is 19.3. The Morgan fingerprint density at radius 2 is 2.12 bits per heavy atom. The van der Waals surface area contributed by atoms with Crippen molar-refractivity contribution < 1.29 is 13.5 Å². The molecule has 0 aliphatic carbocycles. The third-order valence-electron chi connectivity index (χ3n) is 2.87. The molecule has 1 aliphatic heterocycles. The second-order valence-electron chi connectivity index (χ2n) is 3.96. The number of para-hydroxylation sites is 1. The molecule has 0 spiro atoms. The summed E-state index contributed by atoms with van der Waals surface area (Å²) >= 11 is 0. The van der Waals surface area contributed by atoms with Crippen molar-refractivity contribution in [3.8, 4) is 5.75 Å². The van der Waals surface area contributed by atoms with Gasteiger partial charge in [-0.05, 0) is 31.0 Å². The van der Waals surface area contributed by atoms with Crippen LogP contribution in [0.15, 0.2) is 24.3 Å². The van der Waals surface area contributed by atoms with Gasteiger partial charge >= 0.3 is 6.61 Å². The molecule has 1 atom stereocenters. The molecule has 1 saturated heterocycles. The van der Waals surface area contributed by atoms with Crippen LogP contribution in [0, 0.1) is 0 Å². The van der Waals surface area contributed by atoms with E-state index in [0.717, 1.165) is 31.5 Å². The number of halogens is 2. The monoisotopic (exact) mass is 227 g/mol. The van der Waals surface area contributed by atoms with Gasteiger partial charge in [0.1, 0.15) is 5.75 Å². The van der Waals surface area contributed by atoms with Gasteiger partial charge in [-0.25, -0.2) is 0 Å². The number of hydrogen-bond donors (Lipinski definition) is 1. The SMILES string of the molecule is FC(F)Oc1ccccc1[C@@H]1CCCNC1. The van der Waals surface area contributed by atoms with Crippen molar-refractivity contribution in [1.29, 1.82) is 0 Å². The van der Waals surface area contributed by atoms with Gasteiger partial charge in [-0.2, -0.15) is 8.78 Å². The van der Waals surface area contributed by atoms with Crippen molar-refractivity contribution in [2.45, 2.75) is 25.4 Å². The predicted molar refractivity (Wildman–Crippen MR) is 57.9 cm³/mol. The maximum Gasteiger partial charge on any atom is 0.387 e. The van der Waals surface area contributed by atoms with Crippen LogP contribution in [0.4, 0.5) is 8.78 Å². The minimum Gasteiger partial charge on any atom is -0.435 e. The molecule has 1 fully saturated rings. The second kappa shape index (κ2) is 5.25. The molecule has 2 nitrogen and oxygen atoms in total. The lowest BCUT2D eigenvalue weighted by Gasteiger charge is -2.24. The Kier molecular flexibility index (Phi) is 3.72. The molecular weight excluding hydrogens is 212 g/mol. The molecule has 1 N–H and O–H groups in total. The van der Waals surface area contributed by atoms with Crippen LogP contribution in [0.25, 0.3) is 0 Å². The Hall–Kier alpha value is -1.16. The lowest BCUT2D eigenvalue weighted by atomic mass is 9.91. The zero-order valence-corrected chi connectivity index (χ0v) is 8.96. The minimum atomic E-state index is -2.75. The van der Waals surface area contributed by atoms with Crippen LogP contribution in [0.1, 0.15) is 24.3 Å². The first kappa shape index (κ1) is 11.3. The standard InChI is InChI=1S/C12H15F2NO/c13-12(14)16-11-6-2-1-5-10(11)9-4-3-7-15-8-9/h1-2,5-6,9,12,15H,3-4,7-8H2/t9-/m1/s1. The van der Waals surface area contributed by atoms with Gasteiger partial charge in [0.2, 0.25) is 0 Å². The average Bonchev–Trinajstić information content (AvgIpc) is 2.30. The van der Waals surface area contributed by atoms with E-state index in [1.807, 2.05) is 12.1 Å². The molecule has 1 heterocycles. The molecule has 0 bridgehead atoms. The van der Waals surface area contributed by atoms with Crippen molar-refractivity contribution in [3.05, 3.63) is 29.8 Å². The zero-order chi connectivity index (χ0) is 11.4. The number of benzene rings is 1. The highest BCUT2D eigenvalue weighted by molar-refractivity contribution is 5.36. The van der Waals surface area contributed by atoms with Gasteiger partial charge in [0.05, 0.1) is 0 Å². The van der Waals surface area contributed by atoms with E-state index in [9.17, 15) is 8.78 Å². The van der Waals surface area contributed by atoms with Gasteiger partial charge < -0.3 is 10.1 Å². The van der Waals surface area contributed by atoms with Crippen LogP contribution in [0.5, 0.6) is 5.75 Å². The third kappa shape index (κ3) is 2.70. The maximum atomic E-state index is 12.2. The highest BCUT2D eigenvalue weighted by Crippen LogP contribution is 2.31. The van der Waals surface area contributed by atoms with Crippen LogP contribution in [0.2, 0.25) is 0 Å². The molecule has 1 aromatic carbocycles. The summed E-state index contributed by atoms with van der Waals surface area (Å²) in [6.45, 7) is -0.907. The van der Waals surface area contributed by atoms with Crippen molar-refractivity contribution in [2.75, 3.05) is 13.1 Å². The van der Waals surface area contributed by atoms with Gasteiger partial charge in [0, 0.05) is 12.5 Å². The number of piperidine rings is 1. The molecule has 1 aromatic rings. The normalized spacial score (nSPS) is 21.1. The number of alkyl halides is 2. The molecule has 0 aromatic heterocycles. The minimum absolute atomic E-state index is 0.281. The Balaban J connectivity index is 2.17. The second-order valence-corrected chi connectivity index (χ2v) is 3.96. The Labute approximate surface area is 93.6 Å². The molecular formula is C12H15F2NO. The number of hydrogen-bond acceptors (Lipinski definition) is 2. The van der Waals surface area contributed by atoms with Gasteiger partial charge in [-0.3, -0.25) is 0 Å². The fourth-order valence-corrected chi connectivity index (χ4v) is 2.14. The fraction of sp³-hybridized carbons (Fsp3) is 0.500. The fourth-order valence-electron chi connectivity index (χ4n) is 2.14. The average molecular weight is 227 g/mol. The van der Waals surface area contributed by atoms with Crippen LogP contribution < -0.4 is 10.1 Å². The van der Waals surface area contributed by atoms with Crippen molar-refractivity contribution in [2.24, 2.45) is 0 Å². The van der Waals surface area contributed by atoms with Gasteiger partial charge in [0.25, 0.3) is 0 Å². The summed E-state index contributed by atoms with van der Waals surface area (Å²) < 4.78 is 29.0. The maximum absolute atomic E-state index is 12.2. The van der Waals surface area contributed by atoms with E-state index >= 15 is 0 Å². The van der Waals surface area contributed by atoms with Gasteiger partial charge in [-0.1, -0.05) is 18.2 Å². The van der Waals surface area contributed by atoms with Crippen molar-refractivity contribution in [1.82, 2.24) is 5.32 Å². The Bertz CT molecular complexity index is 338. The zero-order valence-electron chi connectivity index (χ0n) is 8.96. The van der Waals surface area contributed by atoms with E-state index < -0.39 is 6.61 Å². The first-order chi connectivity index (χ1) is 7.77. The summed E-state index contributed by atoms with van der Waals surface area (Å²) in [6, 6.07) is 7.06. The van der Waals surface area contributed by atoms with E-state index in [4.69, 9.17) is 0 Å². The number of ether oxygens (including phenoxy) is 1. The van der Waals surface area contributed by atoms with Crippen molar-refractivity contribution >= 4 is 0 Å². The third-order valence-corrected chi connectivity index (χ3v) is 2.87. The van der Waals surface area contributed by atoms with Crippen LogP contribution in [-0.2, 0) is 0 Å². The van der Waals surface area contributed by atoms with Crippen molar-refractivity contribution in [3.63, 3.8) is 0 Å². The number of nitrogens with one attached hydrogen (secondary N) is 1. The summed E-state index contributed by atoms with van der Waals surface area (Å²) in [5, 5.41) is 3.27. The molecule has 1 aliphatic rings. The Morgan fingerprint density at radius 3 is 2.81 bits per heavy atom. The summed E-state index contributed by atoms with van der Waals surface area (Å²) in [4.78, 5) is 0. The largest absolute Gasteiger partial charge is 0.435 e. The van der Waals surface area contributed by atoms with Gasteiger partial charge in [0.15, 0.2) is 0 Å². The van der Waals surface area contributed by atoms with E-state index in [-0.39, 0.29) is 5.92 Å². The summed E-state index contributed by atoms with van der Waals surface area (Å²) in [5.74, 6) is 0.592. The van der Waals surface area contributed by atoms with Crippen LogP contribution in [0.3, 0.4) is 0 Å². The topological polar surface area (TPSA) is 21.3 Å². The van der Waals surface area contributed by atoms with Gasteiger partial charge in [-0.15, -0.1) is 0 Å². The highest BCUT2D eigenvalue weighted by Gasteiger charge is 2.19. The smallest absolute Gasteiger partial charge is 0.387 e. The molecule has 0 unspecified atom stereocenters. The molecule has 16 heavy (non-hydrogen) atoms. The lowest BCUT2D eigenvalue weighted by molar-refractivity contribution is -0.0506. The summed E-state index contributed by atoms with van der Waals surface area (Å²) in [7, 11) is 0. The quantitative estimate of drug-likeness (QED) is 0.857. The van der Waals surface area contributed by atoms with E-state index in [0.29, 0.717) is 5.75 Å². The van der Waals surface area contributed by atoms with E-state index in [1.54, 1.807) is 12.1 Å². The number of rotatable bonds is 3. The summed E-state index contributed by atoms with van der Waals surface area (Å²) in [6.07, 6.45) is 2.10. The summed E-state index contributed by atoms with van der Waals surface area (Å²) in [5.41, 5.74) is 0.884. The van der Waals surface area contributed by atoms with E-state index in [2.05, 4.69) is 10.1 Å². The van der Waals surface area contributed by atoms with E-state index in [1.165, 1.54) is 0 Å². The first-order valence-corrected chi connectivity index (χ1v) is 5.52. The Morgan fingerprint density at radius 1 is 1.31 bits per heavy atom. The molecule has 88 valence electrons. The molecule has 0 radical (unpaired) electrons. The lowest BCUT2D eigenvalue weighted by Crippen LogP contribution is -2.28. The first-order valence-electron chi connectivity index (χ1n) is 5.52. The molecule has 0 amide bonds. The molecule has 4 heteroatoms. The van der Waals surface area contributed by atoms with Crippen LogP contribution in [-0.4, -0.2) is 19.7 Å².